The number of alkyl halides is 3. The van der Waals surface area contributed by atoms with Gasteiger partial charge >= 0.3 is 6.18 Å². The summed E-state index contributed by atoms with van der Waals surface area (Å²) < 4.78 is 45.7. The Balaban J connectivity index is 1.81. The first-order valence-corrected chi connectivity index (χ1v) is 7.69. The molecule has 24 heavy (non-hydrogen) atoms. The average Bonchev–Trinajstić information content (AvgIpc) is 3.02. The lowest BCUT2D eigenvalue weighted by atomic mass is 9.89. The van der Waals surface area contributed by atoms with Gasteiger partial charge in [-0.2, -0.15) is 18.4 Å². The number of imidazole rings is 1. The van der Waals surface area contributed by atoms with Crippen molar-refractivity contribution in [3.63, 3.8) is 0 Å². The average molecular weight is 335 g/mol. The molecule has 0 N–H and O–H groups in total. The van der Waals surface area contributed by atoms with Crippen molar-refractivity contribution in [2.45, 2.75) is 31.7 Å². The molecular weight excluding hydrogens is 319 g/mol. The van der Waals surface area contributed by atoms with Crippen molar-refractivity contribution in [2.24, 2.45) is 5.92 Å². The van der Waals surface area contributed by atoms with Crippen LogP contribution in [0.2, 0.25) is 0 Å². The Bertz CT molecular complexity index is 731. The molecule has 1 fully saturated rings. The highest BCUT2D eigenvalue weighted by Crippen LogP contribution is 2.36. The van der Waals surface area contributed by atoms with Crippen LogP contribution in [0.3, 0.4) is 0 Å². The number of hydrogen-bond acceptors (Lipinski definition) is 3. The first-order chi connectivity index (χ1) is 11.5. The molecule has 0 radical (unpaired) electrons. The third-order valence-corrected chi connectivity index (χ3v) is 4.26. The van der Waals surface area contributed by atoms with Gasteiger partial charge in [0.25, 0.3) is 0 Å². The molecule has 2 aromatic rings. The molecule has 1 aliphatic rings. The van der Waals surface area contributed by atoms with Crippen LogP contribution in [0.15, 0.2) is 36.7 Å². The molecule has 4 nitrogen and oxygen atoms in total. The summed E-state index contributed by atoms with van der Waals surface area (Å²) in [6, 6.07) is 7.16. The zero-order chi connectivity index (χ0) is 17.2. The van der Waals surface area contributed by atoms with Crippen LogP contribution in [0, 0.1) is 17.2 Å². The highest BCUT2D eigenvalue weighted by Gasteiger charge is 2.32. The SMILES string of the molecule is N#Cc1nccn1C[C@@H]1CCCO[C@H]1c1ccc(C(F)(F)F)cc1. The predicted molar refractivity (Wildman–Crippen MR) is 79.8 cm³/mol. The summed E-state index contributed by atoms with van der Waals surface area (Å²) in [6.07, 6.45) is 0.443. The van der Waals surface area contributed by atoms with Crippen LogP contribution in [-0.2, 0) is 17.5 Å². The molecule has 2 heterocycles. The van der Waals surface area contributed by atoms with E-state index in [1.807, 2.05) is 6.07 Å². The van der Waals surface area contributed by atoms with Gasteiger partial charge in [-0.1, -0.05) is 12.1 Å². The van der Waals surface area contributed by atoms with E-state index in [1.54, 1.807) is 17.0 Å². The number of halogens is 3. The van der Waals surface area contributed by atoms with Gasteiger partial charge < -0.3 is 9.30 Å². The number of benzene rings is 1. The number of ether oxygens (including phenoxy) is 1. The Kier molecular flexibility index (Phi) is 4.58. The summed E-state index contributed by atoms with van der Waals surface area (Å²) in [5, 5.41) is 9.06. The number of rotatable bonds is 3. The van der Waals surface area contributed by atoms with Crippen molar-refractivity contribution in [3.05, 3.63) is 53.6 Å². The normalized spacial score (nSPS) is 21.4. The molecule has 126 valence electrons. The van der Waals surface area contributed by atoms with E-state index in [2.05, 4.69) is 4.98 Å². The molecule has 1 aliphatic heterocycles. The summed E-state index contributed by atoms with van der Waals surface area (Å²) in [6.45, 7) is 1.13. The monoisotopic (exact) mass is 335 g/mol. The lowest BCUT2D eigenvalue weighted by molar-refractivity contribution is -0.137. The van der Waals surface area contributed by atoms with Crippen LogP contribution in [-0.4, -0.2) is 16.2 Å². The molecule has 0 amide bonds. The maximum atomic E-state index is 12.7. The minimum absolute atomic E-state index is 0.0804. The molecule has 1 aromatic heterocycles. The molecule has 7 heteroatoms. The highest BCUT2D eigenvalue weighted by atomic mass is 19.4. The Labute approximate surface area is 137 Å². The van der Waals surface area contributed by atoms with Gasteiger partial charge in [0.1, 0.15) is 6.07 Å². The first kappa shape index (κ1) is 16.5. The van der Waals surface area contributed by atoms with Crippen LogP contribution < -0.4 is 0 Å². The number of nitrogens with zero attached hydrogens (tertiary/aromatic N) is 3. The van der Waals surface area contributed by atoms with Crippen molar-refractivity contribution in [1.29, 1.82) is 5.26 Å². The first-order valence-electron chi connectivity index (χ1n) is 7.69. The minimum Gasteiger partial charge on any atom is -0.373 e. The molecular formula is C17H16F3N3O. The quantitative estimate of drug-likeness (QED) is 0.854. The third kappa shape index (κ3) is 3.44. The van der Waals surface area contributed by atoms with E-state index in [4.69, 9.17) is 10.00 Å². The lowest BCUT2D eigenvalue weighted by Crippen LogP contribution is -2.26. The van der Waals surface area contributed by atoms with Crippen molar-refractivity contribution >= 4 is 0 Å². The van der Waals surface area contributed by atoms with Gasteiger partial charge in [-0.15, -0.1) is 0 Å². The largest absolute Gasteiger partial charge is 0.416 e. The van der Waals surface area contributed by atoms with Gasteiger partial charge in [0.15, 0.2) is 0 Å². The second kappa shape index (κ2) is 6.65. The fourth-order valence-corrected chi connectivity index (χ4v) is 3.08. The second-order valence-electron chi connectivity index (χ2n) is 5.83. The van der Waals surface area contributed by atoms with Crippen molar-refractivity contribution in [2.75, 3.05) is 6.61 Å². The van der Waals surface area contributed by atoms with E-state index in [0.29, 0.717) is 19.0 Å². The molecule has 1 aromatic carbocycles. The van der Waals surface area contributed by atoms with Gasteiger partial charge in [-0.25, -0.2) is 4.98 Å². The van der Waals surface area contributed by atoms with Crippen molar-refractivity contribution in [3.8, 4) is 6.07 Å². The summed E-state index contributed by atoms with van der Waals surface area (Å²) in [4.78, 5) is 3.97. The summed E-state index contributed by atoms with van der Waals surface area (Å²) in [7, 11) is 0. The smallest absolute Gasteiger partial charge is 0.373 e. The van der Waals surface area contributed by atoms with Crippen LogP contribution in [0.25, 0.3) is 0 Å². The van der Waals surface area contributed by atoms with Crippen LogP contribution in [0.4, 0.5) is 13.2 Å². The standard InChI is InChI=1S/C17H16F3N3O/c18-17(19,20)14-5-3-12(4-6-14)16-13(2-1-9-24-16)11-23-8-7-22-15(23)10-21/h3-8,13,16H,1-2,9,11H2/t13-,16-/m0/s1. The predicted octanol–water partition coefficient (Wildman–Crippen LogP) is 3.94. The Hall–Kier alpha value is -2.33. The van der Waals surface area contributed by atoms with Gasteiger partial charge in [0, 0.05) is 31.5 Å². The molecule has 0 spiro atoms. The summed E-state index contributed by atoms with van der Waals surface area (Å²) >= 11 is 0. The van der Waals surface area contributed by atoms with E-state index < -0.39 is 11.7 Å². The molecule has 2 atom stereocenters. The lowest BCUT2D eigenvalue weighted by Gasteiger charge is -2.32. The molecule has 0 saturated carbocycles. The van der Waals surface area contributed by atoms with Crippen molar-refractivity contribution in [1.82, 2.24) is 9.55 Å². The van der Waals surface area contributed by atoms with E-state index in [1.165, 1.54) is 12.1 Å². The van der Waals surface area contributed by atoms with E-state index in [-0.39, 0.29) is 12.0 Å². The third-order valence-electron chi connectivity index (χ3n) is 4.26. The van der Waals surface area contributed by atoms with E-state index in [0.717, 1.165) is 30.5 Å². The van der Waals surface area contributed by atoms with E-state index in [9.17, 15) is 13.2 Å². The van der Waals surface area contributed by atoms with E-state index >= 15 is 0 Å². The molecule has 0 unspecified atom stereocenters. The zero-order valence-electron chi connectivity index (χ0n) is 12.8. The zero-order valence-corrected chi connectivity index (χ0v) is 12.8. The van der Waals surface area contributed by atoms with Gasteiger partial charge in [0.2, 0.25) is 5.82 Å². The van der Waals surface area contributed by atoms with Gasteiger partial charge in [-0.3, -0.25) is 0 Å². The second-order valence-corrected chi connectivity index (χ2v) is 5.83. The highest BCUT2D eigenvalue weighted by molar-refractivity contribution is 5.27. The molecule has 0 aliphatic carbocycles. The maximum absolute atomic E-state index is 12.7. The number of hydrogen-bond donors (Lipinski definition) is 0. The minimum atomic E-state index is -4.34. The fraction of sp³-hybridized carbons (Fsp3) is 0.412. The van der Waals surface area contributed by atoms with Crippen molar-refractivity contribution < 1.29 is 17.9 Å². The van der Waals surface area contributed by atoms with Crippen LogP contribution in [0.5, 0.6) is 0 Å². The number of nitriles is 1. The molecule has 0 bridgehead atoms. The van der Waals surface area contributed by atoms with Gasteiger partial charge in [0.05, 0.1) is 11.7 Å². The Morgan fingerprint density at radius 1 is 1.29 bits per heavy atom. The van der Waals surface area contributed by atoms with Gasteiger partial charge in [-0.05, 0) is 30.5 Å². The number of aromatic nitrogens is 2. The summed E-state index contributed by atoms with van der Waals surface area (Å²) in [5.74, 6) is 0.406. The Morgan fingerprint density at radius 2 is 2.04 bits per heavy atom. The van der Waals surface area contributed by atoms with Crippen LogP contribution in [0.1, 0.15) is 35.9 Å². The topological polar surface area (TPSA) is 50.8 Å². The Morgan fingerprint density at radius 3 is 2.71 bits per heavy atom. The van der Waals surface area contributed by atoms with Crippen LogP contribution >= 0.6 is 0 Å². The maximum Gasteiger partial charge on any atom is 0.416 e. The molecule has 1 saturated heterocycles. The summed E-state index contributed by atoms with van der Waals surface area (Å²) in [5.41, 5.74) is 0.0614. The molecule has 3 rings (SSSR count). The fourth-order valence-electron chi connectivity index (χ4n) is 3.08.